The van der Waals surface area contributed by atoms with Crippen molar-refractivity contribution >= 4 is 5.97 Å². The molecule has 0 aliphatic carbocycles. The van der Waals surface area contributed by atoms with Crippen LogP contribution in [0.3, 0.4) is 0 Å². The van der Waals surface area contributed by atoms with E-state index in [0.29, 0.717) is 5.56 Å². The van der Waals surface area contributed by atoms with Crippen LogP contribution in [0.15, 0.2) is 24.7 Å². The second-order valence-electron chi connectivity index (χ2n) is 5.54. The van der Waals surface area contributed by atoms with Crippen LogP contribution in [0.2, 0.25) is 0 Å². The van der Waals surface area contributed by atoms with Gasteiger partial charge in [-0.2, -0.15) is 5.10 Å². The van der Waals surface area contributed by atoms with Gasteiger partial charge in [0.25, 0.3) is 0 Å². The highest BCUT2D eigenvalue weighted by atomic mass is 16.4. The van der Waals surface area contributed by atoms with Gasteiger partial charge in [0.15, 0.2) is 0 Å². The monoisotopic (exact) mass is 259 g/mol. The second kappa shape index (κ2) is 4.50. The van der Waals surface area contributed by atoms with E-state index in [1.807, 2.05) is 13.2 Å². The van der Waals surface area contributed by atoms with Crippen LogP contribution >= 0.6 is 0 Å². The molecule has 19 heavy (non-hydrogen) atoms. The van der Waals surface area contributed by atoms with E-state index in [4.69, 9.17) is 0 Å². The van der Waals surface area contributed by atoms with E-state index in [2.05, 4.69) is 30.9 Å². The highest BCUT2D eigenvalue weighted by Gasteiger charge is 2.25. The number of rotatable bonds is 2. The van der Waals surface area contributed by atoms with Crippen LogP contribution in [0.1, 0.15) is 36.8 Å². The number of hydrogen-bond acceptors (Lipinski definition) is 3. The molecule has 0 bridgehead atoms. The van der Waals surface area contributed by atoms with Crippen molar-refractivity contribution in [1.82, 2.24) is 14.8 Å². The van der Waals surface area contributed by atoms with Crippen LogP contribution in [-0.2, 0) is 12.5 Å². The molecule has 0 spiro atoms. The lowest BCUT2D eigenvalue weighted by Gasteiger charge is -2.18. The molecule has 0 atom stereocenters. The average molecular weight is 259 g/mol. The van der Waals surface area contributed by atoms with Crippen LogP contribution in [0.25, 0.3) is 11.1 Å². The van der Waals surface area contributed by atoms with Gasteiger partial charge in [0, 0.05) is 42.2 Å². The summed E-state index contributed by atoms with van der Waals surface area (Å²) in [4.78, 5) is 15.3. The Hall–Kier alpha value is -2.17. The van der Waals surface area contributed by atoms with E-state index in [1.165, 1.54) is 12.3 Å². The molecule has 0 radical (unpaired) electrons. The third-order valence-electron chi connectivity index (χ3n) is 2.88. The third kappa shape index (κ3) is 2.50. The zero-order valence-corrected chi connectivity index (χ0v) is 11.5. The van der Waals surface area contributed by atoms with Crippen LogP contribution < -0.4 is 0 Å². The van der Waals surface area contributed by atoms with Crippen molar-refractivity contribution in [2.24, 2.45) is 7.05 Å². The molecule has 2 heterocycles. The van der Waals surface area contributed by atoms with Gasteiger partial charge in [-0.05, 0) is 6.07 Å². The summed E-state index contributed by atoms with van der Waals surface area (Å²) < 4.78 is 1.70. The number of aromatic nitrogens is 3. The van der Waals surface area contributed by atoms with E-state index in [1.54, 1.807) is 10.9 Å². The Balaban J connectivity index is 2.70. The lowest BCUT2D eigenvalue weighted by atomic mass is 9.87. The Morgan fingerprint density at radius 1 is 1.32 bits per heavy atom. The summed E-state index contributed by atoms with van der Waals surface area (Å²) in [6.07, 6.45) is 4.90. The summed E-state index contributed by atoms with van der Waals surface area (Å²) in [5, 5.41) is 13.7. The second-order valence-corrected chi connectivity index (χ2v) is 5.54. The molecule has 0 saturated heterocycles. The molecular formula is C14H17N3O2. The highest BCUT2D eigenvalue weighted by molar-refractivity contribution is 5.96. The van der Waals surface area contributed by atoms with Gasteiger partial charge in [0.05, 0.1) is 11.3 Å². The van der Waals surface area contributed by atoms with Crippen LogP contribution in [0.5, 0.6) is 0 Å². The quantitative estimate of drug-likeness (QED) is 0.899. The number of nitrogens with zero attached hydrogens (tertiary/aromatic N) is 3. The fraction of sp³-hybridized carbons (Fsp3) is 0.357. The van der Waals surface area contributed by atoms with Gasteiger partial charge in [-0.15, -0.1) is 0 Å². The van der Waals surface area contributed by atoms with Crippen LogP contribution in [0, 0.1) is 0 Å². The lowest BCUT2D eigenvalue weighted by molar-refractivity contribution is 0.0697. The largest absolute Gasteiger partial charge is 0.478 e. The summed E-state index contributed by atoms with van der Waals surface area (Å²) in [6, 6.07) is 1.51. The Morgan fingerprint density at radius 3 is 2.58 bits per heavy atom. The van der Waals surface area contributed by atoms with E-state index in [9.17, 15) is 9.90 Å². The first-order valence-corrected chi connectivity index (χ1v) is 6.02. The fourth-order valence-electron chi connectivity index (χ4n) is 2.04. The predicted molar refractivity (Wildman–Crippen MR) is 72.1 cm³/mol. The number of aryl methyl sites for hydroxylation is 1. The summed E-state index contributed by atoms with van der Waals surface area (Å²) in [5.41, 5.74) is 2.37. The molecule has 0 aliphatic heterocycles. The molecule has 0 unspecified atom stereocenters. The van der Waals surface area contributed by atoms with Crippen molar-refractivity contribution in [3.63, 3.8) is 0 Å². The van der Waals surface area contributed by atoms with E-state index in [0.717, 1.165) is 11.3 Å². The standard InChI is InChI=1S/C14H17N3O2/c1-14(2,3)12-11(8-17(4)16-12)10-7-15-6-5-9(10)13(18)19/h5-8H,1-4H3,(H,18,19). The topological polar surface area (TPSA) is 68.0 Å². The zero-order chi connectivity index (χ0) is 14.2. The summed E-state index contributed by atoms with van der Waals surface area (Å²) in [5.74, 6) is -0.957. The minimum atomic E-state index is -0.957. The first kappa shape index (κ1) is 13.3. The Bertz CT molecular complexity index is 624. The number of carboxylic acids is 1. The van der Waals surface area contributed by atoms with Gasteiger partial charge < -0.3 is 5.11 Å². The summed E-state index contributed by atoms with van der Waals surface area (Å²) in [6.45, 7) is 6.15. The maximum absolute atomic E-state index is 11.3. The smallest absolute Gasteiger partial charge is 0.336 e. The van der Waals surface area contributed by atoms with Gasteiger partial charge in [0.2, 0.25) is 0 Å². The summed E-state index contributed by atoms with van der Waals surface area (Å²) in [7, 11) is 1.83. The molecular weight excluding hydrogens is 242 g/mol. The molecule has 5 nitrogen and oxygen atoms in total. The van der Waals surface area contributed by atoms with Crippen molar-refractivity contribution in [3.8, 4) is 11.1 Å². The Kier molecular flexibility index (Phi) is 3.14. The first-order valence-electron chi connectivity index (χ1n) is 6.02. The number of pyridine rings is 1. The predicted octanol–water partition coefficient (Wildman–Crippen LogP) is 2.48. The van der Waals surface area contributed by atoms with Gasteiger partial charge >= 0.3 is 5.97 Å². The molecule has 2 rings (SSSR count). The molecule has 0 fully saturated rings. The van der Waals surface area contributed by atoms with Gasteiger partial charge in [-0.3, -0.25) is 9.67 Å². The Morgan fingerprint density at radius 2 is 2.00 bits per heavy atom. The lowest BCUT2D eigenvalue weighted by Crippen LogP contribution is -2.14. The van der Waals surface area contributed by atoms with E-state index < -0.39 is 5.97 Å². The van der Waals surface area contributed by atoms with Crippen molar-refractivity contribution < 1.29 is 9.90 Å². The molecule has 0 saturated carbocycles. The average Bonchev–Trinajstić information content (AvgIpc) is 2.71. The molecule has 1 N–H and O–H groups in total. The number of carbonyl (C=O) groups is 1. The van der Waals surface area contributed by atoms with Crippen molar-refractivity contribution in [2.45, 2.75) is 26.2 Å². The molecule has 100 valence electrons. The van der Waals surface area contributed by atoms with Crippen molar-refractivity contribution in [1.29, 1.82) is 0 Å². The number of carboxylic acid groups (broad SMARTS) is 1. The molecule has 2 aromatic heterocycles. The summed E-state index contributed by atoms with van der Waals surface area (Å²) >= 11 is 0. The molecule has 5 heteroatoms. The Labute approximate surface area is 111 Å². The van der Waals surface area contributed by atoms with Crippen molar-refractivity contribution in [2.75, 3.05) is 0 Å². The maximum Gasteiger partial charge on any atom is 0.336 e. The van der Waals surface area contributed by atoms with Gasteiger partial charge in [-0.25, -0.2) is 4.79 Å². The van der Waals surface area contributed by atoms with Crippen LogP contribution in [-0.4, -0.2) is 25.8 Å². The van der Waals surface area contributed by atoms with Gasteiger partial charge in [-0.1, -0.05) is 20.8 Å². The fourth-order valence-corrected chi connectivity index (χ4v) is 2.04. The zero-order valence-electron chi connectivity index (χ0n) is 11.5. The van der Waals surface area contributed by atoms with E-state index in [-0.39, 0.29) is 11.0 Å². The van der Waals surface area contributed by atoms with Crippen LogP contribution in [0.4, 0.5) is 0 Å². The van der Waals surface area contributed by atoms with Crippen molar-refractivity contribution in [3.05, 3.63) is 35.9 Å². The molecule has 2 aromatic rings. The van der Waals surface area contributed by atoms with E-state index >= 15 is 0 Å². The number of hydrogen-bond donors (Lipinski definition) is 1. The normalized spacial score (nSPS) is 11.6. The number of aromatic carboxylic acids is 1. The SMILES string of the molecule is Cn1cc(-c2cnccc2C(=O)O)c(C(C)(C)C)n1. The maximum atomic E-state index is 11.3. The molecule has 0 amide bonds. The molecule has 0 aliphatic rings. The first-order chi connectivity index (χ1) is 8.80. The third-order valence-corrected chi connectivity index (χ3v) is 2.88. The molecule has 0 aromatic carbocycles. The van der Waals surface area contributed by atoms with Gasteiger partial charge in [0.1, 0.15) is 0 Å². The minimum absolute atomic E-state index is 0.164. The highest BCUT2D eigenvalue weighted by Crippen LogP contribution is 2.33. The minimum Gasteiger partial charge on any atom is -0.478 e.